The van der Waals surface area contributed by atoms with Crippen molar-refractivity contribution in [1.29, 1.82) is 0 Å². The Morgan fingerprint density at radius 1 is 1.32 bits per heavy atom. The Bertz CT molecular complexity index is 623. The van der Waals surface area contributed by atoms with Crippen LogP contribution in [0.3, 0.4) is 0 Å². The Morgan fingerprint density at radius 2 is 2.09 bits per heavy atom. The van der Waals surface area contributed by atoms with Crippen molar-refractivity contribution in [2.45, 2.75) is 45.2 Å². The van der Waals surface area contributed by atoms with Crippen LogP contribution in [-0.2, 0) is 11.3 Å². The smallest absolute Gasteiger partial charge is 0.250 e. The number of nitrogens with two attached hydrogens (primary N) is 1. The first-order valence-electron chi connectivity index (χ1n) is 8.19. The standard InChI is InChI=1S/C17H25N3O2/c1-11(2)6-14(18)17(22)19-8-12-7-13(10-19)15-4-3-5-16(21)20(15)9-12/h3-5,11-14H,6-10,18H2,1-2H3/t12-,13+,14+/m0/s1. The minimum Gasteiger partial charge on any atom is -0.340 e. The second-order valence-electron chi connectivity index (χ2n) is 7.18. The van der Waals surface area contributed by atoms with Crippen LogP contribution in [0.25, 0.3) is 0 Å². The van der Waals surface area contributed by atoms with Crippen molar-refractivity contribution in [2.24, 2.45) is 17.6 Å². The van der Waals surface area contributed by atoms with Crippen molar-refractivity contribution in [1.82, 2.24) is 9.47 Å². The molecule has 120 valence electrons. The van der Waals surface area contributed by atoms with Gasteiger partial charge in [0.25, 0.3) is 5.56 Å². The van der Waals surface area contributed by atoms with Gasteiger partial charge in [-0.15, -0.1) is 0 Å². The second-order valence-corrected chi connectivity index (χ2v) is 7.18. The third-order valence-electron chi connectivity index (χ3n) is 4.83. The third kappa shape index (κ3) is 2.82. The molecular weight excluding hydrogens is 278 g/mol. The lowest BCUT2D eigenvalue weighted by molar-refractivity contribution is -0.135. The fraction of sp³-hybridized carbons (Fsp3) is 0.647. The molecule has 2 aliphatic rings. The van der Waals surface area contributed by atoms with E-state index in [2.05, 4.69) is 13.8 Å². The van der Waals surface area contributed by atoms with E-state index in [4.69, 9.17) is 5.73 Å². The van der Waals surface area contributed by atoms with Gasteiger partial charge in [0.15, 0.2) is 0 Å². The minimum absolute atomic E-state index is 0.0649. The number of carbonyl (C=O) groups is 1. The minimum atomic E-state index is -0.406. The van der Waals surface area contributed by atoms with Crippen molar-refractivity contribution >= 4 is 5.91 Å². The predicted octanol–water partition coefficient (Wildman–Crippen LogP) is 1.17. The van der Waals surface area contributed by atoms with Crippen molar-refractivity contribution in [3.8, 4) is 0 Å². The number of nitrogens with zero attached hydrogens (tertiary/aromatic N) is 2. The molecule has 1 saturated heterocycles. The molecule has 0 saturated carbocycles. The largest absolute Gasteiger partial charge is 0.340 e. The van der Waals surface area contributed by atoms with Gasteiger partial charge in [-0.3, -0.25) is 9.59 Å². The van der Waals surface area contributed by atoms with Crippen LogP contribution in [0.5, 0.6) is 0 Å². The zero-order valence-electron chi connectivity index (χ0n) is 13.4. The van der Waals surface area contributed by atoms with Crippen LogP contribution in [0, 0.1) is 11.8 Å². The summed E-state index contributed by atoms with van der Waals surface area (Å²) in [6.45, 7) is 6.29. The molecule has 22 heavy (non-hydrogen) atoms. The van der Waals surface area contributed by atoms with Gasteiger partial charge in [-0.25, -0.2) is 0 Å². The van der Waals surface area contributed by atoms with Crippen LogP contribution >= 0.6 is 0 Å². The Hall–Kier alpha value is -1.62. The Labute approximate surface area is 131 Å². The van der Waals surface area contributed by atoms with Gasteiger partial charge in [0.2, 0.25) is 5.91 Å². The molecule has 3 heterocycles. The van der Waals surface area contributed by atoms with Gasteiger partial charge in [0.05, 0.1) is 6.04 Å². The molecule has 2 bridgehead atoms. The van der Waals surface area contributed by atoms with Gasteiger partial charge >= 0.3 is 0 Å². The highest BCUT2D eigenvalue weighted by Gasteiger charge is 2.37. The van der Waals surface area contributed by atoms with Crippen LogP contribution in [0.1, 0.15) is 38.3 Å². The fourth-order valence-electron chi connectivity index (χ4n) is 3.92. The maximum absolute atomic E-state index is 12.6. The molecule has 0 radical (unpaired) electrons. The summed E-state index contributed by atoms with van der Waals surface area (Å²) in [5.74, 6) is 1.11. The van der Waals surface area contributed by atoms with E-state index in [0.717, 1.165) is 25.1 Å². The van der Waals surface area contributed by atoms with E-state index in [1.54, 1.807) is 6.07 Å². The number of aromatic nitrogens is 1. The molecule has 2 aliphatic heterocycles. The highest BCUT2D eigenvalue weighted by molar-refractivity contribution is 5.81. The zero-order chi connectivity index (χ0) is 15.9. The Kier molecular flexibility index (Phi) is 4.08. The van der Waals surface area contributed by atoms with Crippen molar-refractivity contribution < 1.29 is 4.79 Å². The Balaban J connectivity index is 1.79. The summed E-state index contributed by atoms with van der Waals surface area (Å²) in [5, 5.41) is 0. The highest BCUT2D eigenvalue weighted by atomic mass is 16.2. The lowest BCUT2D eigenvalue weighted by atomic mass is 9.83. The molecule has 0 spiro atoms. The van der Waals surface area contributed by atoms with Gasteiger partial charge in [0, 0.05) is 37.3 Å². The van der Waals surface area contributed by atoms with Crippen molar-refractivity contribution in [3.05, 3.63) is 34.2 Å². The van der Waals surface area contributed by atoms with Crippen LogP contribution in [0.15, 0.2) is 23.0 Å². The van der Waals surface area contributed by atoms with E-state index in [1.165, 1.54) is 0 Å². The molecule has 0 unspecified atom stereocenters. The first-order valence-corrected chi connectivity index (χ1v) is 8.19. The van der Waals surface area contributed by atoms with Gasteiger partial charge in [-0.1, -0.05) is 19.9 Å². The van der Waals surface area contributed by atoms with Gasteiger partial charge in [-0.2, -0.15) is 0 Å². The van der Waals surface area contributed by atoms with Crippen LogP contribution in [-0.4, -0.2) is 34.5 Å². The van der Waals surface area contributed by atoms with E-state index in [1.807, 2.05) is 21.6 Å². The van der Waals surface area contributed by atoms with E-state index >= 15 is 0 Å². The van der Waals surface area contributed by atoms with Gasteiger partial charge in [0.1, 0.15) is 0 Å². The zero-order valence-corrected chi connectivity index (χ0v) is 13.4. The number of amides is 1. The quantitative estimate of drug-likeness (QED) is 0.911. The highest BCUT2D eigenvalue weighted by Crippen LogP contribution is 2.35. The van der Waals surface area contributed by atoms with Gasteiger partial charge < -0.3 is 15.2 Å². The molecule has 1 aromatic rings. The molecule has 0 aliphatic carbocycles. The molecule has 3 rings (SSSR count). The van der Waals surface area contributed by atoms with Crippen LogP contribution in [0.2, 0.25) is 0 Å². The van der Waals surface area contributed by atoms with Gasteiger partial charge in [-0.05, 0) is 30.7 Å². The Morgan fingerprint density at radius 3 is 2.82 bits per heavy atom. The normalized spacial score (nSPS) is 25.0. The second kappa shape index (κ2) is 5.88. The number of fused-ring (bicyclic) bond motifs is 4. The average molecular weight is 303 g/mol. The van der Waals surface area contributed by atoms with E-state index in [0.29, 0.717) is 24.9 Å². The summed E-state index contributed by atoms with van der Waals surface area (Å²) < 4.78 is 1.88. The summed E-state index contributed by atoms with van der Waals surface area (Å²) in [6, 6.07) is 5.05. The molecule has 1 amide bonds. The van der Waals surface area contributed by atoms with Crippen molar-refractivity contribution in [2.75, 3.05) is 13.1 Å². The van der Waals surface area contributed by atoms with Crippen molar-refractivity contribution in [3.63, 3.8) is 0 Å². The number of pyridine rings is 1. The molecule has 2 N–H and O–H groups in total. The first-order chi connectivity index (χ1) is 10.5. The molecule has 5 heteroatoms. The molecule has 3 atom stereocenters. The molecule has 5 nitrogen and oxygen atoms in total. The lowest BCUT2D eigenvalue weighted by Gasteiger charge is -2.43. The molecule has 0 aromatic carbocycles. The van der Waals surface area contributed by atoms with E-state index < -0.39 is 6.04 Å². The monoisotopic (exact) mass is 303 g/mol. The number of likely N-dealkylation sites (tertiary alicyclic amines) is 1. The summed E-state index contributed by atoms with van der Waals surface area (Å²) in [7, 11) is 0. The fourth-order valence-corrected chi connectivity index (χ4v) is 3.92. The number of hydrogen-bond donors (Lipinski definition) is 1. The SMILES string of the molecule is CC(C)C[C@@H](N)C(=O)N1C[C@@H]2C[C@H](C1)c1cccc(=O)n1C2. The number of rotatable bonds is 3. The summed E-state index contributed by atoms with van der Waals surface area (Å²) in [4.78, 5) is 26.5. The first kappa shape index (κ1) is 15.3. The van der Waals surface area contributed by atoms with E-state index in [-0.39, 0.29) is 17.4 Å². The maximum atomic E-state index is 12.6. The number of carbonyl (C=O) groups excluding carboxylic acids is 1. The summed E-state index contributed by atoms with van der Waals surface area (Å²) in [5.41, 5.74) is 7.21. The summed E-state index contributed by atoms with van der Waals surface area (Å²) in [6.07, 6.45) is 1.79. The molecule has 1 fully saturated rings. The topological polar surface area (TPSA) is 68.3 Å². The van der Waals surface area contributed by atoms with E-state index in [9.17, 15) is 9.59 Å². The average Bonchev–Trinajstić information content (AvgIpc) is 2.46. The number of hydrogen-bond acceptors (Lipinski definition) is 3. The lowest BCUT2D eigenvalue weighted by Crippen LogP contribution is -2.53. The molecular formula is C17H25N3O2. The maximum Gasteiger partial charge on any atom is 0.250 e. The predicted molar refractivity (Wildman–Crippen MR) is 85.6 cm³/mol. The number of piperidine rings is 1. The summed E-state index contributed by atoms with van der Waals surface area (Å²) >= 11 is 0. The van der Waals surface area contributed by atoms with Crippen LogP contribution < -0.4 is 11.3 Å². The third-order valence-corrected chi connectivity index (χ3v) is 4.83. The van der Waals surface area contributed by atoms with Crippen LogP contribution in [0.4, 0.5) is 0 Å². The molecule has 1 aromatic heterocycles.